The van der Waals surface area contributed by atoms with Crippen LogP contribution in [0.15, 0.2) is 30.4 Å². The van der Waals surface area contributed by atoms with Crippen molar-refractivity contribution >= 4 is 35.1 Å². The largest absolute Gasteiger partial charge is 0.481 e. The number of amides is 1. The number of rotatable bonds is 4. The summed E-state index contributed by atoms with van der Waals surface area (Å²) in [6.07, 6.45) is 4.49. The SMILES string of the molecule is O=C(O)[C@H]1CC=CC[C@@H]1C(=O)NCc1ccc(Cl)c(Cl)c1. The molecule has 0 bridgehead atoms. The van der Waals surface area contributed by atoms with Crippen molar-refractivity contribution in [1.82, 2.24) is 5.32 Å². The number of hydrogen-bond donors (Lipinski definition) is 2. The van der Waals surface area contributed by atoms with Crippen LogP contribution < -0.4 is 5.32 Å². The van der Waals surface area contributed by atoms with E-state index in [9.17, 15) is 9.59 Å². The Labute approximate surface area is 132 Å². The normalized spacial score (nSPS) is 21.0. The molecule has 2 rings (SSSR count). The van der Waals surface area contributed by atoms with E-state index in [0.29, 0.717) is 29.4 Å². The number of allylic oxidation sites excluding steroid dienone is 2. The lowest BCUT2D eigenvalue weighted by Crippen LogP contribution is -2.38. The molecule has 6 heteroatoms. The maximum Gasteiger partial charge on any atom is 0.307 e. The first-order chi connectivity index (χ1) is 9.99. The number of carbonyl (C=O) groups is 2. The summed E-state index contributed by atoms with van der Waals surface area (Å²) in [6, 6.07) is 5.11. The number of aliphatic carboxylic acids is 1. The van der Waals surface area contributed by atoms with Gasteiger partial charge in [-0.05, 0) is 30.5 Å². The monoisotopic (exact) mass is 327 g/mol. The van der Waals surface area contributed by atoms with Crippen LogP contribution in [0.3, 0.4) is 0 Å². The molecule has 4 nitrogen and oxygen atoms in total. The van der Waals surface area contributed by atoms with Crippen LogP contribution in [0.5, 0.6) is 0 Å². The van der Waals surface area contributed by atoms with Crippen molar-refractivity contribution in [1.29, 1.82) is 0 Å². The van der Waals surface area contributed by atoms with Crippen LogP contribution in [0.2, 0.25) is 10.0 Å². The lowest BCUT2D eigenvalue weighted by molar-refractivity contribution is -0.147. The zero-order valence-electron chi connectivity index (χ0n) is 11.2. The fourth-order valence-electron chi connectivity index (χ4n) is 2.35. The minimum Gasteiger partial charge on any atom is -0.481 e. The van der Waals surface area contributed by atoms with Crippen LogP contribution in [0, 0.1) is 11.8 Å². The molecule has 0 aromatic heterocycles. The van der Waals surface area contributed by atoms with Gasteiger partial charge < -0.3 is 10.4 Å². The second-order valence-corrected chi connectivity index (χ2v) is 5.77. The summed E-state index contributed by atoms with van der Waals surface area (Å²) in [6.45, 7) is 0.294. The second-order valence-electron chi connectivity index (χ2n) is 4.96. The van der Waals surface area contributed by atoms with E-state index in [1.165, 1.54) is 0 Å². The summed E-state index contributed by atoms with van der Waals surface area (Å²) in [5, 5.41) is 12.8. The maximum absolute atomic E-state index is 12.2. The molecule has 1 aliphatic carbocycles. The predicted molar refractivity (Wildman–Crippen MR) is 81.3 cm³/mol. The molecule has 1 amide bonds. The number of nitrogens with one attached hydrogen (secondary N) is 1. The Balaban J connectivity index is 1.99. The number of halogens is 2. The average Bonchev–Trinajstić information content (AvgIpc) is 2.48. The molecule has 0 spiro atoms. The van der Waals surface area contributed by atoms with Crippen LogP contribution in [0.25, 0.3) is 0 Å². The van der Waals surface area contributed by atoms with Gasteiger partial charge in [0.1, 0.15) is 0 Å². The highest BCUT2D eigenvalue weighted by Crippen LogP contribution is 2.26. The third kappa shape index (κ3) is 3.99. The van der Waals surface area contributed by atoms with E-state index in [0.717, 1.165) is 5.56 Å². The molecule has 2 atom stereocenters. The molecular formula is C15H15Cl2NO3. The molecule has 0 aliphatic heterocycles. The van der Waals surface area contributed by atoms with Gasteiger partial charge in [-0.25, -0.2) is 0 Å². The molecule has 1 aromatic carbocycles. The van der Waals surface area contributed by atoms with Gasteiger partial charge in [0.05, 0.1) is 21.9 Å². The summed E-state index contributed by atoms with van der Waals surface area (Å²) in [5.41, 5.74) is 0.816. The summed E-state index contributed by atoms with van der Waals surface area (Å²) >= 11 is 11.7. The van der Waals surface area contributed by atoms with Crippen molar-refractivity contribution in [3.63, 3.8) is 0 Å². The van der Waals surface area contributed by atoms with Gasteiger partial charge in [0.25, 0.3) is 0 Å². The summed E-state index contributed by atoms with van der Waals surface area (Å²) < 4.78 is 0. The molecule has 0 unspecified atom stereocenters. The maximum atomic E-state index is 12.2. The van der Waals surface area contributed by atoms with E-state index in [4.69, 9.17) is 28.3 Å². The van der Waals surface area contributed by atoms with E-state index in [1.54, 1.807) is 18.2 Å². The Morgan fingerprint density at radius 1 is 1.14 bits per heavy atom. The van der Waals surface area contributed by atoms with E-state index < -0.39 is 17.8 Å². The van der Waals surface area contributed by atoms with Gasteiger partial charge in [-0.15, -0.1) is 0 Å². The van der Waals surface area contributed by atoms with Gasteiger partial charge in [-0.1, -0.05) is 41.4 Å². The molecular weight excluding hydrogens is 313 g/mol. The quantitative estimate of drug-likeness (QED) is 0.834. The fraction of sp³-hybridized carbons (Fsp3) is 0.333. The van der Waals surface area contributed by atoms with Crippen LogP contribution >= 0.6 is 23.2 Å². The van der Waals surface area contributed by atoms with Crippen molar-refractivity contribution in [3.8, 4) is 0 Å². The van der Waals surface area contributed by atoms with Crippen LogP contribution in [-0.2, 0) is 16.1 Å². The van der Waals surface area contributed by atoms with Crippen molar-refractivity contribution < 1.29 is 14.7 Å². The molecule has 1 aliphatic rings. The highest BCUT2D eigenvalue weighted by Gasteiger charge is 2.33. The molecule has 0 saturated carbocycles. The van der Waals surface area contributed by atoms with E-state index in [2.05, 4.69) is 5.32 Å². The van der Waals surface area contributed by atoms with E-state index >= 15 is 0 Å². The number of carboxylic acids is 1. The molecule has 0 fully saturated rings. The van der Waals surface area contributed by atoms with Crippen LogP contribution in [0.4, 0.5) is 0 Å². The van der Waals surface area contributed by atoms with Gasteiger partial charge in [0.15, 0.2) is 0 Å². The van der Waals surface area contributed by atoms with Gasteiger partial charge >= 0.3 is 5.97 Å². The van der Waals surface area contributed by atoms with Crippen molar-refractivity contribution in [2.24, 2.45) is 11.8 Å². The standard InChI is InChI=1S/C15H15Cl2NO3/c16-12-6-5-9(7-13(12)17)8-18-14(19)10-3-1-2-4-11(10)15(20)21/h1-2,5-7,10-11H,3-4,8H2,(H,18,19)(H,20,21)/t10-,11-/m0/s1. The van der Waals surface area contributed by atoms with Gasteiger partial charge in [-0.2, -0.15) is 0 Å². The molecule has 21 heavy (non-hydrogen) atoms. The highest BCUT2D eigenvalue weighted by atomic mass is 35.5. The van der Waals surface area contributed by atoms with Crippen molar-refractivity contribution in [2.75, 3.05) is 0 Å². The zero-order valence-corrected chi connectivity index (χ0v) is 12.7. The Morgan fingerprint density at radius 2 is 1.81 bits per heavy atom. The lowest BCUT2D eigenvalue weighted by atomic mass is 9.82. The average molecular weight is 328 g/mol. The lowest BCUT2D eigenvalue weighted by Gasteiger charge is -2.24. The molecule has 1 aromatic rings. The number of carbonyl (C=O) groups excluding carboxylic acids is 1. The Kier molecular flexibility index (Phi) is 5.26. The van der Waals surface area contributed by atoms with Gasteiger partial charge in [-0.3, -0.25) is 9.59 Å². The third-order valence-corrected chi connectivity index (χ3v) is 4.28. The minimum atomic E-state index is -0.936. The predicted octanol–water partition coefficient (Wildman–Crippen LogP) is 3.28. The van der Waals surface area contributed by atoms with Crippen molar-refractivity contribution in [3.05, 3.63) is 46.0 Å². The Morgan fingerprint density at radius 3 is 2.43 bits per heavy atom. The van der Waals surface area contributed by atoms with Crippen LogP contribution in [-0.4, -0.2) is 17.0 Å². The van der Waals surface area contributed by atoms with Gasteiger partial charge in [0, 0.05) is 6.54 Å². The minimum absolute atomic E-state index is 0.252. The first kappa shape index (κ1) is 15.9. The van der Waals surface area contributed by atoms with E-state index in [-0.39, 0.29) is 5.91 Å². The first-order valence-corrected chi connectivity index (χ1v) is 7.34. The Bertz CT molecular complexity index is 586. The van der Waals surface area contributed by atoms with Gasteiger partial charge in [0.2, 0.25) is 5.91 Å². The summed E-state index contributed by atoms with van der Waals surface area (Å²) in [4.78, 5) is 23.4. The first-order valence-electron chi connectivity index (χ1n) is 6.58. The second kappa shape index (κ2) is 6.96. The van der Waals surface area contributed by atoms with Crippen LogP contribution in [0.1, 0.15) is 18.4 Å². The summed E-state index contributed by atoms with van der Waals surface area (Å²) in [5.74, 6) is -2.38. The molecule has 0 saturated heterocycles. The molecule has 112 valence electrons. The summed E-state index contributed by atoms with van der Waals surface area (Å²) in [7, 11) is 0. The highest BCUT2D eigenvalue weighted by molar-refractivity contribution is 6.42. The number of benzene rings is 1. The molecule has 0 radical (unpaired) electrons. The number of hydrogen-bond acceptors (Lipinski definition) is 2. The van der Waals surface area contributed by atoms with Crippen molar-refractivity contribution in [2.45, 2.75) is 19.4 Å². The fourth-order valence-corrected chi connectivity index (χ4v) is 2.67. The molecule has 2 N–H and O–H groups in total. The third-order valence-electron chi connectivity index (χ3n) is 3.54. The zero-order chi connectivity index (χ0) is 15.4. The number of carboxylic acid groups (broad SMARTS) is 1. The van der Waals surface area contributed by atoms with E-state index in [1.807, 2.05) is 12.2 Å². The Hall–Kier alpha value is -1.52. The topological polar surface area (TPSA) is 66.4 Å². The molecule has 0 heterocycles. The smallest absolute Gasteiger partial charge is 0.307 e.